The van der Waals surface area contributed by atoms with Gasteiger partial charge in [-0.1, -0.05) is 32.6 Å². The number of nitrogens with two attached hydrogens (primary N) is 1. The van der Waals surface area contributed by atoms with Gasteiger partial charge in [-0.05, 0) is 37.7 Å². The van der Waals surface area contributed by atoms with Gasteiger partial charge in [-0.15, -0.1) is 0 Å². The van der Waals surface area contributed by atoms with E-state index in [1.807, 2.05) is 38.4 Å². The summed E-state index contributed by atoms with van der Waals surface area (Å²) in [4.78, 5) is 60.1. The van der Waals surface area contributed by atoms with Gasteiger partial charge in [0.05, 0.1) is 12.2 Å². The summed E-state index contributed by atoms with van der Waals surface area (Å²) in [5.74, 6) is -2.36. The SMILES string of the molecule is C=C1O/C=C(\N)c2nc(co2)-c2nc(co2)-c2nc(co2)-c2nc(co2)CNC(=O)C(Cc2ccc(NCCN(C)C)cc2)NC(=O)C(C(C)C)NC1=O. The number of benzene rings is 1. The van der Waals surface area contributed by atoms with Crippen molar-refractivity contribution in [2.24, 2.45) is 11.7 Å². The van der Waals surface area contributed by atoms with Crippen LogP contribution in [-0.4, -0.2) is 81.8 Å². The molecule has 6 N–H and O–H groups in total. The fourth-order valence-corrected chi connectivity index (χ4v) is 5.17. The Kier molecular flexibility index (Phi) is 11.2. The van der Waals surface area contributed by atoms with Gasteiger partial charge in [-0.2, -0.15) is 0 Å². The van der Waals surface area contributed by atoms with Crippen molar-refractivity contribution in [2.75, 3.05) is 32.5 Å². The van der Waals surface area contributed by atoms with Gasteiger partial charge in [0.15, 0.2) is 22.8 Å². The molecule has 18 heteroatoms. The molecule has 1 aliphatic rings. The van der Waals surface area contributed by atoms with Crippen molar-refractivity contribution in [1.29, 1.82) is 0 Å². The van der Waals surface area contributed by atoms with E-state index in [9.17, 15) is 14.4 Å². The lowest BCUT2D eigenvalue weighted by molar-refractivity contribution is -0.132. The molecule has 0 saturated heterocycles. The first-order valence-electron chi connectivity index (χ1n) is 16.9. The second-order valence-electron chi connectivity index (χ2n) is 13.0. The summed E-state index contributed by atoms with van der Waals surface area (Å²) in [7, 11) is 3.99. The maximum atomic E-state index is 13.7. The first-order valence-corrected chi connectivity index (χ1v) is 16.9. The number of hydrogen-bond acceptors (Lipinski definition) is 15. The Balaban J connectivity index is 1.27. The maximum absolute atomic E-state index is 13.7. The molecule has 0 fully saturated rings. The molecule has 54 heavy (non-hydrogen) atoms. The van der Waals surface area contributed by atoms with E-state index >= 15 is 0 Å². The van der Waals surface area contributed by atoms with Crippen molar-refractivity contribution in [1.82, 2.24) is 40.8 Å². The van der Waals surface area contributed by atoms with Gasteiger partial charge in [0.2, 0.25) is 35.4 Å². The van der Waals surface area contributed by atoms with Gasteiger partial charge in [0.25, 0.3) is 5.91 Å². The fourth-order valence-electron chi connectivity index (χ4n) is 5.17. The molecule has 2 atom stereocenters. The average molecular weight is 741 g/mol. The molecule has 5 aromatic rings. The number of nitrogens with one attached hydrogen (secondary N) is 4. The number of amides is 3. The Morgan fingerprint density at radius 2 is 1.44 bits per heavy atom. The molecule has 18 nitrogen and oxygen atoms in total. The molecule has 3 amide bonds. The molecule has 2 unspecified atom stereocenters. The van der Waals surface area contributed by atoms with Crippen LogP contribution in [-0.2, 0) is 32.1 Å². The predicted octanol–water partition coefficient (Wildman–Crippen LogP) is 2.90. The Labute approximate surface area is 309 Å². The van der Waals surface area contributed by atoms with Crippen molar-refractivity contribution in [3.05, 3.63) is 85.1 Å². The molecule has 0 radical (unpaired) electrons. The van der Waals surface area contributed by atoms with Gasteiger partial charge < -0.3 is 54.3 Å². The lowest BCUT2D eigenvalue weighted by Crippen LogP contribution is -2.56. The van der Waals surface area contributed by atoms with Crippen LogP contribution in [0, 0.1) is 5.92 Å². The second kappa shape index (κ2) is 16.3. The minimum Gasteiger partial charge on any atom is -0.457 e. The number of fused-ring (bicyclic) bond motifs is 11. The van der Waals surface area contributed by atoms with E-state index in [4.69, 9.17) is 28.1 Å². The third-order valence-corrected chi connectivity index (χ3v) is 8.14. The number of ether oxygens (including phenoxy) is 1. The quantitative estimate of drug-likeness (QED) is 0.151. The van der Waals surface area contributed by atoms with Crippen LogP contribution in [0.3, 0.4) is 0 Å². The molecular weight excluding hydrogens is 700 g/mol. The van der Waals surface area contributed by atoms with Crippen LogP contribution in [0.4, 0.5) is 5.69 Å². The van der Waals surface area contributed by atoms with Crippen LogP contribution >= 0.6 is 0 Å². The smallest absolute Gasteiger partial charge is 0.287 e. The summed E-state index contributed by atoms with van der Waals surface area (Å²) in [6, 6.07) is 5.46. The number of hydrogen-bond donors (Lipinski definition) is 5. The van der Waals surface area contributed by atoms with E-state index in [0.717, 1.165) is 30.6 Å². The van der Waals surface area contributed by atoms with Crippen LogP contribution < -0.4 is 27.0 Å². The molecule has 6 rings (SSSR count). The number of carbonyl (C=O) groups excluding carboxylic acids is 3. The number of nitrogens with zero attached hydrogens (tertiary/aromatic N) is 5. The van der Waals surface area contributed by atoms with Gasteiger partial charge in [-0.3, -0.25) is 14.4 Å². The van der Waals surface area contributed by atoms with E-state index in [2.05, 4.69) is 52.7 Å². The minimum absolute atomic E-state index is 0.0291. The molecular formula is C36H40N10O8. The highest BCUT2D eigenvalue weighted by Gasteiger charge is 2.30. The number of anilines is 1. The maximum Gasteiger partial charge on any atom is 0.287 e. The highest BCUT2D eigenvalue weighted by atomic mass is 16.5. The van der Waals surface area contributed by atoms with E-state index in [1.54, 1.807) is 13.8 Å². The molecule has 5 heterocycles. The van der Waals surface area contributed by atoms with Crippen LogP contribution in [0.1, 0.15) is 31.0 Å². The van der Waals surface area contributed by atoms with Crippen molar-refractivity contribution in [3.63, 3.8) is 0 Å². The molecule has 1 aromatic carbocycles. The number of rotatable bonds is 7. The Morgan fingerprint density at radius 1 is 0.852 bits per heavy atom. The average Bonchev–Trinajstić information content (AvgIpc) is 3.98. The molecule has 0 aliphatic carbocycles. The third kappa shape index (κ3) is 9.02. The summed E-state index contributed by atoms with van der Waals surface area (Å²) < 4.78 is 27.6. The Bertz CT molecular complexity index is 2140. The van der Waals surface area contributed by atoms with Gasteiger partial charge in [-0.25, -0.2) is 19.9 Å². The summed E-state index contributed by atoms with van der Waals surface area (Å²) >= 11 is 0. The topological polar surface area (TPSA) is 242 Å². The largest absolute Gasteiger partial charge is 0.457 e. The van der Waals surface area contributed by atoms with Crippen LogP contribution in [0.25, 0.3) is 40.5 Å². The van der Waals surface area contributed by atoms with Crippen LogP contribution in [0.2, 0.25) is 0 Å². The van der Waals surface area contributed by atoms with Crippen molar-refractivity contribution >= 4 is 29.1 Å². The first-order chi connectivity index (χ1) is 25.9. The number of oxazole rings is 4. The van der Waals surface area contributed by atoms with E-state index in [1.165, 1.54) is 25.1 Å². The van der Waals surface area contributed by atoms with Gasteiger partial charge in [0, 0.05) is 25.2 Å². The van der Waals surface area contributed by atoms with Crippen LogP contribution in [0.15, 0.2) is 85.6 Å². The van der Waals surface area contributed by atoms with Gasteiger partial charge in [0.1, 0.15) is 49.1 Å². The van der Waals surface area contributed by atoms with E-state index in [0.29, 0.717) is 5.69 Å². The molecule has 4 aromatic heterocycles. The zero-order chi connectivity index (χ0) is 38.4. The van der Waals surface area contributed by atoms with Crippen molar-refractivity contribution < 1.29 is 36.8 Å². The summed E-state index contributed by atoms with van der Waals surface area (Å²) in [6.45, 7) is 8.73. The van der Waals surface area contributed by atoms with Crippen molar-refractivity contribution in [2.45, 2.75) is 38.9 Å². The lowest BCUT2D eigenvalue weighted by atomic mass is 10.0. The molecule has 0 saturated carbocycles. The molecule has 1 aliphatic heterocycles. The molecule has 0 spiro atoms. The highest BCUT2D eigenvalue weighted by Crippen LogP contribution is 2.27. The fraction of sp³-hybridized carbons (Fsp3) is 0.306. The summed E-state index contributed by atoms with van der Waals surface area (Å²) in [5.41, 5.74) is 8.82. The highest BCUT2D eigenvalue weighted by molar-refractivity contribution is 5.96. The van der Waals surface area contributed by atoms with Crippen LogP contribution in [0.5, 0.6) is 0 Å². The monoisotopic (exact) mass is 740 g/mol. The second-order valence-corrected chi connectivity index (χ2v) is 13.0. The normalized spacial score (nSPS) is 18.1. The predicted molar refractivity (Wildman–Crippen MR) is 193 cm³/mol. The Morgan fingerprint density at radius 3 is 2.07 bits per heavy atom. The van der Waals surface area contributed by atoms with Crippen molar-refractivity contribution in [3.8, 4) is 34.8 Å². The first kappa shape index (κ1) is 37.1. The zero-order valence-electron chi connectivity index (χ0n) is 30.0. The van der Waals surface area contributed by atoms with E-state index in [-0.39, 0.29) is 65.1 Å². The van der Waals surface area contributed by atoms with E-state index < -0.39 is 35.7 Å². The third-order valence-electron chi connectivity index (χ3n) is 8.14. The summed E-state index contributed by atoms with van der Waals surface area (Å²) in [5, 5.41) is 11.6. The summed E-state index contributed by atoms with van der Waals surface area (Å²) in [6.07, 6.45) is 6.47. The number of carbonyl (C=O) groups is 3. The van der Waals surface area contributed by atoms with Gasteiger partial charge >= 0.3 is 0 Å². The number of likely N-dealkylation sites (N-methyl/N-ethyl adjacent to an activating group) is 1. The lowest BCUT2D eigenvalue weighted by Gasteiger charge is -2.25. The number of aromatic nitrogens is 4. The zero-order valence-corrected chi connectivity index (χ0v) is 30.0. The molecule has 282 valence electrons. The Hall–Kier alpha value is -6.69. The standard InChI is InChI=1S/C36H40N10O8/c1-19(2)29-32(49)41-25(12-21-6-8-22(9-7-21)38-10-11-46(4)5)31(48)39-13-23-14-51-34(40-23)26-17-53-36(43-26)28-18-54-35(44-28)27-16-52-33(42-27)24(37)15-50-20(3)30(47)45-29/h6-9,14-19,25,29,38H,3,10-13,37H2,1-2,4-5H3,(H,39,48)(H,41,49)(H,45,47)/b24-15-. The minimum atomic E-state index is -1.07. The molecule has 8 bridgehead atoms.